The Labute approximate surface area is 138 Å². The van der Waals surface area contributed by atoms with Crippen LogP contribution in [0, 0.1) is 0 Å². The Morgan fingerprint density at radius 3 is 2.68 bits per heavy atom. The van der Waals surface area contributed by atoms with Crippen molar-refractivity contribution >= 4 is 34.2 Å². The molecule has 1 aromatic heterocycles. The minimum Gasteiger partial charge on any atom is -0.348 e. The fourth-order valence-corrected chi connectivity index (χ4v) is 4.84. The van der Waals surface area contributed by atoms with Gasteiger partial charge in [0.15, 0.2) is 5.17 Å². The predicted molar refractivity (Wildman–Crippen MR) is 90.9 cm³/mol. The first-order chi connectivity index (χ1) is 10.7. The molecule has 5 nitrogen and oxygen atoms in total. The van der Waals surface area contributed by atoms with Crippen LogP contribution in [-0.4, -0.2) is 63.8 Å². The van der Waals surface area contributed by atoms with Crippen LogP contribution in [0.5, 0.6) is 0 Å². The van der Waals surface area contributed by atoms with Gasteiger partial charge in [-0.2, -0.15) is 0 Å². The SMILES string of the molecule is C[C@H]1CN=C(N2CCN(C(=O)c3cnc(C4CC4)s3)CC2)S1. The molecule has 1 saturated heterocycles. The summed E-state index contributed by atoms with van der Waals surface area (Å²) < 4.78 is 0. The van der Waals surface area contributed by atoms with Crippen LogP contribution in [-0.2, 0) is 0 Å². The van der Waals surface area contributed by atoms with Gasteiger partial charge in [-0.3, -0.25) is 9.79 Å². The van der Waals surface area contributed by atoms with Crippen molar-refractivity contribution in [1.82, 2.24) is 14.8 Å². The molecule has 2 fully saturated rings. The standard InChI is InChI=1S/C15H20N4OS2/c1-10-8-17-15(21-10)19-6-4-18(5-7-19)14(20)12-9-16-13(22-12)11-2-3-11/h9-11H,2-8H2,1H3/t10-/m0/s1. The number of aromatic nitrogens is 1. The highest BCUT2D eigenvalue weighted by Crippen LogP contribution is 2.41. The van der Waals surface area contributed by atoms with Gasteiger partial charge in [-0.05, 0) is 12.8 Å². The van der Waals surface area contributed by atoms with E-state index in [1.165, 1.54) is 12.8 Å². The Hall–Kier alpha value is -1.08. The molecule has 3 aliphatic rings. The van der Waals surface area contributed by atoms with Crippen molar-refractivity contribution in [3.8, 4) is 0 Å². The maximum atomic E-state index is 12.6. The summed E-state index contributed by atoms with van der Waals surface area (Å²) in [4.78, 5) is 26.7. The lowest BCUT2D eigenvalue weighted by Crippen LogP contribution is -2.49. The molecule has 1 aliphatic carbocycles. The molecule has 2 aliphatic heterocycles. The van der Waals surface area contributed by atoms with E-state index in [9.17, 15) is 4.79 Å². The van der Waals surface area contributed by atoms with Crippen LogP contribution in [0.25, 0.3) is 0 Å². The monoisotopic (exact) mass is 336 g/mol. The van der Waals surface area contributed by atoms with Crippen LogP contribution in [0.15, 0.2) is 11.2 Å². The zero-order valence-corrected chi connectivity index (χ0v) is 14.3. The molecule has 118 valence electrons. The molecule has 4 rings (SSSR count). The first-order valence-corrected chi connectivity index (χ1v) is 9.61. The summed E-state index contributed by atoms with van der Waals surface area (Å²) in [5, 5.41) is 2.90. The molecule has 3 heterocycles. The summed E-state index contributed by atoms with van der Waals surface area (Å²) in [6.45, 7) is 6.47. The molecule has 0 spiro atoms. The Morgan fingerprint density at radius 2 is 2.05 bits per heavy atom. The lowest BCUT2D eigenvalue weighted by atomic mass is 10.3. The zero-order valence-electron chi connectivity index (χ0n) is 12.7. The third kappa shape index (κ3) is 2.88. The van der Waals surface area contributed by atoms with Gasteiger partial charge in [0.1, 0.15) is 4.88 Å². The molecule has 1 aromatic rings. The van der Waals surface area contributed by atoms with Gasteiger partial charge in [0.05, 0.1) is 17.7 Å². The lowest BCUT2D eigenvalue weighted by Gasteiger charge is -2.35. The average Bonchev–Trinajstić information content (AvgIpc) is 3.11. The van der Waals surface area contributed by atoms with Crippen LogP contribution in [0.3, 0.4) is 0 Å². The number of hydrogen-bond acceptors (Lipinski definition) is 6. The van der Waals surface area contributed by atoms with Crippen LogP contribution in [0.1, 0.15) is 40.4 Å². The molecule has 0 radical (unpaired) electrons. The maximum Gasteiger partial charge on any atom is 0.265 e. The quantitative estimate of drug-likeness (QED) is 0.831. The van der Waals surface area contributed by atoms with E-state index in [1.807, 2.05) is 16.7 Å². The molecule has 0 aromatic carbocycles. The fraction of sp³-hybridized carbons (Fsp3) is 0.667. The van der Waals surface area contributed by atoms with Crippen molar-refractivity contribution in [2.24, 2.45) is 4.99 Å². The Kier molecular flexibility index (Phi) is 3.86. The summed E-state index contributed by atoms with van der Waals surface area (Å²) in [5.74, 6) is 0.779. The van der Waals surface area contributed by atoms with E-state index in [2.05, 4.69) is 21.8 Å². The van der Waals surface area contributed by atoms with E-state index in [0.29, 0.717) is 11.2 Å². The van der Waals surface area contributed by atoms with Crippen LogP contribution < -0.4 is 0 Å². The Morgan fingerprint density at radius 1 is 1.27 bits per heavy atom. The topological polar surface area (TPSA) is 48.8 Å². The highest BCUT2D eigenvalue weighted by molar-refractivity contribution is 8.14. The van der Waals surface area contributed by atoms with E-state index in [-0.39, 0.29) is 5.91 Å². The van der Waals surface area contributed by atoms with E-state index in [0.717, 1.165) is 47.8 Å². The molecule has 0 bridgehead atoms. The van der Waals surface area contributed by atoms with Crippen molar-refractivity contribution in [3.05, 3.63) is 16.1 Å². The van der Waals surface area contributed by atoms with Gasteiger partial charge in [-0.25, -0.2) is 4.98 Å². The number of aliphatic imine (C=N–C) groups is 1. The third-order valence-corrected chi connectivity index (χ3v) is 6.59. The predicted octanol–water partition coefficient (Wildman–Crippen LogP) is 2.27. The molecule has 1 amide bonds. The van der Waals surface area contributed by atoms with E-state index >= 15 is 0 Å². The summed E-state index contributed by atoms with van der Waals surface area (Å²) in [7, 11) is 0. The molecule has 0 N–H and O–H groups in total. The van der Waals surface area contributed by atoms with E-state index in [1.54, 1.807) is 17.5 Å². The van der Waals surface area contributed by atoms with Crippen molar-refractivity contribution < 1.29 is 4.79 Å². The summed E-state index contributed by atoms with van der Waals surface area (Å²) in [6.07, 6.45) is 4.24. The maximum absolute atomic E-state index is 12.6. The number of thiazole rings is 1. The van der Waals surface area contributed by atoms with E-state index in [4.69, 9.17) is 0 Å². The smallest absolute Gasteiger partial charge is 0.265 e. The van der Waals surface area contributed by atoms with Gasteiger partial charge >= 0.3 is 0 Å². The summed E-state index contributed by atoms with van der Waals surface area (Å²) >= 11 is 3.44. The number of thioether (sulfide) groups is 1. The second-order valence-corrected chi connectivity index (χ2v) is 8.64. The van der Waals surface area contributed by atoms with Crippen molar-refractivity contribution in [2.45, 2.75) is 30.9 Å². The molecule has 1 saturated carbocycles. The van der Waals surface area contributed by atoms with Crippen LogP contribution in [0.4, 0.5) is 0 Å². The van der Waals surface area contributed by atoms with Gasteiger partial charge in [-0.1, -0.05) is 18.7 Å². The largest absolute Gasteiger partial charge is 0.348 e. The molecule has 22 heavy (non-hydrogen) atoms. The van der Waals surface area contributed by atoms with Gasteiger partial charge < -0.3 is 9.80 Å². The zero-order chi connectivity index (χ0) is 15.1. The molecular formula is C15H20N4OS2. The second-order valence-electron chi connectivity index (χ2n) is 6.17. The highest BCUT2D eigenvalue weighted by atomic mass is 32.2. The summed E-state index contributed by atoms with van der Waals surface area (Å²) in [5.41, 5.74) is 0. The number of amides is 1. The fourth-order valence-electron chi connectivity index (χ4n) is 2.80. The molecule has 7 heteroatoms. The van der Waals surface area contributed by atoms with Gasteiger partial charge in [-0.15, -0.1) is 11.3 Å². The lowest BCUT2D eigenvalue weighted by molar-refractivity contribution is 0.0698. The van der Waals surface area contributed by atoms with Crippen LogP contribution in [0.2, 0.25) is 0 Å². The van der Waals surface area contributed by atoms with Gasteiger partial charge in [0.25, 0.3) is 5.91 Å². The first-order valence-electron chi connectivity index (χ1n) is 7.92. The molecule has 1 atom stereocenters. The number of carbonyl (C=O) groups excluding carboxylic acids is 1. The average molecular weight is 336 g/mol. The second kappa shape index (κ2) is 5.85. The number of piperazine rings is 1. The van der Waals surface area contributed by atoms with Crippen molar-refractivity contribution in [3.63, 3.8) is 0 Å². The normalized spacial score (nSPS) is 25.5. The third-order valence-electron chi connectivity index (χ3n) is 4.29. The number of nitrogens with zero attached hydrogens (tertiary/aromatic N) is 4. The minimum atomic E-state index is 0.151. The Balaban J connectivity index is 1.35. The minimum absolute atomic E-state index is 0.151. The highest BCUT2D eigenvalue weighted by Gasteiger charge is 2.30. The van der Waals surface area contributed by atoms with Gasteiger partial charge in [0, 0.05) is 37.3 Å². The number of amidine groups is 1. The molecule has 0 unspecified atom stereocenters. The number of hydrogen-bond donors (Lipinski definition) is 0. The van der Waals surface area contributed by atoms with Crippen molar-refractivity contribution in [1.29, 1.82) is 0 Å². The molecular weight excluding hydrogens is 316 g/mol. The number of carbonyl (C=O) groups is 1. The van der Waals surface area contributed by atoms with Crippen molar-refractivity contribution in [2.75, 3.05) is 32.7 Å². The first kappa shape index (κ1) is 14.5. The number of rotatable bonds is 2. The summed E-state index contributed by atoms with van der Waals surface area (Å²) in [6, 6.07) is 0. The van der Waals surface area contributed by atoms with Crippen LogP contribution >= 0.6 is 23.1 Å². The Bertz CT molecular complexity index is 602. The van der Waals surface area contributed by atoms with E-state index < -0.39 is 0 Å². The van der Waals surface area contributed by atoms with Gasteiger partial charge in [0.2, 0.25) is 0 Å².